The number of carbonyl (C=O) groups is 1. The monoisotopic (exact) mass is 209 g/mol. The second-order valence-electron chi connectivity index (χ2n) is 3.71. The Labute approximate surface area is 88.5 Å². The average molecular weight is 209 g/mol. The van der Waals surface area contributed by atoms with Gasteiger partial charge in [-0.05, 0) is 30.7 Å². The van der Waals surface area contributed by atoms with Crippen molar-refractivity contribution in [3.05, 3.63) is 22.4 Å². The van der Waals surface area contributed by atoms with Crippen molar-refractivity contribution in [2.24, 2.45) is 0 Å². The van der Waals surface area contributed by atoms with E-state index in [4.69, 9.17) is 0 Å². The molecule has 0 N–H and O–H groups in total. The van der Waals surface area contributed by atoms with Crippen LogP contribution in [0.5, 0.6) is 0 Å². The predicted octanol–water partition coefficient (Wildman–Crippen LogP) is 2.76. The van der Waals surface area contributed by atoms with Gasteiger partial charge in [0.05, 0.1) is 4.88 Å². The number of hydrogen-bond acceptors (Lipinski definition) is 2. The second-order valence-corrected chi connectivity index (χ2v) is 4.65. The Morgan fingerprint density at radius 1 is 1.64 bits per heavy atom. The third-order valence-electron chi connectivity index (χ3n) is 2.44. The van der Waals surface area contributed by atoms with Gasteiger partial charge in [-0.1, -0.05) is 13.0 Å². The molecular weight excluding hydrogens is 194 g/mol. The van der Waals surface area contributed by atoms with Crippen LogP contribution < -0.4 is 0 Å². The van der Waals surface area contributed by atoms with Crippen molar-refractivity contribution in [1.29, 1.82) is 0 Å². The summed E-state index contributed by atoms with van der Waals surface area (Å²) in [4.78, 5) is 14.9. The number of amides is 1. The van der Waals surface area contributed by atoms with Crippen LogP contribution in [-0.4, -0.2) is 23.4 Å². The molecule has 0 atom stereocenters. The van der Waals surface area contributed by atoms with Crippen LogP contribution in [0.2, 0.25) is 0 Å². The first-order valence-electron chi connectivity index (χ1n) is 5.17. The topological polar surface area (TPSA) is 20.3 Å². The zero-order valence-electron chi connectivity index (χ0n) is 8.40. The molecule has 1 saturated carbocycles. The number of hydrogen-bond donors (Lipinski definition) is 0. The molecule has 1 aliphatic rings. The van der Waals surface area contributed by atoms with Crippen LogP contribution in [0.4, 0.5) is 0 Å². The minimum absolute atomic E-state index is 0.226. The zero-order chi connectivity index (χ0) is 9.97. The minimum atomic E-state index is 0.226. The largest absolute Gasteiger partial charge is 0.335 e. The van der Waals surface area contributed by atoms with Gasteiger partial charge in [0, 0.05) is 12.6 Å². The Bertz CT molecular complexity index is 303. The first-order chi connectivity index (χ1) is 6.83. The van der Waals surface area contributed by atoms with Gasteiger partial charge < -0.3 is 4.90 Å². The van der Waals surface area contributed by atoms with Crippen molar-refractivity contribution in [1.82, 2.24) is 4.90 Å². The first kappa shape index (κ1) is 9.71. The van der Waals surface area contributed by atoms with E-state index in [9.17, 15) is 4.79 Å². The molecule has 2 nitrogen and oxygen atoms in total. The summed E-state index contributed by atoms with van der Waals surface area (Å²) in [7, 11) is 0. The molecule has 0 aromatic carbocycles. The molecule has 2 rings (SSSR count). The highest BCUT2D eigenvalue weighted by atomic mass is 32.1. The van der Waals surface area contributed by atoms with Gasteiger partial charge in [0.1, 0.15) is 0 Å². The fourth-order valence-electron chi connectivity index (χ4n) is 1.62. The molecule has 1 aliphatic carbocycles. The molecule has 0 bridgehead atoms. The van der Waals surface area contributed by atoms with Crippen molar-refractivity contribution in [3.63, 3.8) is 0 Å². The molecule has 0 radical (unpaired) electrons. The molecule has 0 unspecified atom stereocenters. The number of thiophene rings is 1. The predicted molar refractivity (Wildman–Crippen MR) is 58.7 cm³/mol. The van der Waals surface area contributed by atoms with Gasteiger partial charge in [-0.25, -0.2) is 0 Å². The van der Waals surface area contributed by atoms with Crippen molar-refractivity contribution >= 4 is 17.2 Å². The fourth-order valence-corrected chi connectivity index (χ4v) is 2.30. The Hall–Kier alpha value is -0.830. The summed E-state index contributed by atoms with van der Waals surface area (Å²) in [5.41, 5.74) is 0. The summed E-state index contributed by atoms with van der Waals surface area (Å²) >= 11 is 1.54. The molecule has 0 spiro atoms. The Morgan fingerprint density at radius 3 is 2.93 bits per heavy atom. The lowest BCUT2D eigenvalue weighted by Crippen LogP contribution is -2.33. The van der Waals surface area contributed by atoms with Crippen molar-refractivity contribution < 1.29 is 4.79 Å². The molecule has 76 valence electrons. The van der Waals surface area contributed by atoms with Gasteiger partial charge in [0.15, 0.2) is 0 Å². The second kappa shape index (κ2) is 4.13. The van der Waals surface area contributed by atoms with E-state index in [0.29, 0.717) is 6.04 Å². The van der Waals surface area contributed by atoms with Gasteiger partial charge in [0.25, 0.3) is 5.91 Å². The fraction of sp³-hybridized carbons (Fsp3) is 0.545. The molecule has 3 heteroatoms. The Kier molecular flexibility index (Phi) is 2.87. The van der Waals surface area contributed by atoms with Gasteiger partial charge in [-0.2, -0.15) is 0 Å². The highest BCUT2D eigenvalue weighted by molar-refractivity contribution is 7.12. The lowest BCUT2D eigenvalue weighted by atomic mass is 10.3. The summed E-state index contributed by atoms with van der Waals surface area (Å²) < 4.78 is 0. The number of rotatable bonds is 4. The van der Waals surface area contributed by atoms with Crippen molar-refractivity contribution in [3.8, 4) is 0 Å². The van der Waals surface area contributed by atoms with Crippen LogP contribution in [0.25, 0.3) is 0 Å². The van der Waals surface area contributed by atoms with Crippen LogP contribution in [0.3, 0.4) is 0 Å². The molecule has 14 heavy (non-hydrogen) atoms. The summed E-state index contributed by atoms with van der Waals surface area (Å²) in [6.45, 7) is 3.03. The van der Waals surface area contributed by atoms with Crippen LogP contribution in [0.15, 0.2) is 17.5 Å². The highest BCUT2D eigenvalue weighted by Gasteiger charge is 2.32. The third-order valence-corrected chi connectivity index (χ3v) is 3.30. The summed E-state index contributed by atoms with van der Waals surface area (Å²) in [6, 6.07) is 4.39. The molecular formula is C11H15NOS. The molecule has 0 saturated heterocycles. The van der Waals surface area contributed by atoms with Crippen LogP contribution in [0.1, 0.15) is 35.9 Å². The third kappa shape index (κ3) is 1.98. The van der Waals surface area contributed by atoms with E-state index in [0.717, 1.165) is 17.8 Å². The van der Waals surface area contributed by atoms with E-state index in [-0.39, 0.29) is 5.91 Å². The Balaban J connectivity index is 2.07. The Morgan fingerprint density at radius 2 is 2.43 bits per heavy atom. The van der Waals surface area contributed by atoms with Gasteiger partial charge in [-0.3, -0.25) is 4.79 Å². The van der Waals surface area contributed by atoms with E-state index in [2.05, 4.69) is 6.92 Å². The smallest absolute Gasteiger partial charge is 0.264 e. The summed E-state index contributed by atoms with van der Waals surface area (Å²) in [5, 5.41) is 1.96. The van der Waals surface area contributed by atoms with E-state index in [1.165, 1.54) is 24.2 Å². The van der Waals surface area contributed by atoms with Gasteiger partial charge >= 0.3 is 0 Å². The van der Waals surface area contributed by atoms with E-state index in [1.807, 2.05) is 22.4 Å². The maximum atomic E-state index is 12.0. The minimum Gasteiger partial charge on any atom is -0.335 e. The lowest BCUT2D eigenvalue weighted by Gasteiger charge is -2.20. The van der Waals surface area contributed by atoms with Gasteiger partial charge in [-0.15, -0.1) is 11.3 Å². The van der Waals surface area contributed by atoms with E-state index >= 15 is 0 Å². The SMILES string of the molecule is CCCN(C(=O)c1cccs1)C1CC1. The lowest BCUT2D eigenvalue weighted by molar-refractivity contribution is 0.0748. The standard InChI is InChI=1S/C11H15NOS/c1-2-7-12(9-5-6-9)11(13)10-4-3-8-14-10/h3-4,8-9H,2,5-7H2,1H3. The highest BCUT2D eigenvalue weighted by Crippen LogP contribution is 2.29. The average Bonchev–Trinajstić information content (AvgIpc) is 2.88. The molecule has 1 aromatic rings. The summed E-state index contributed by atoms with van der Waals surface area (Å²) in [5.74, 6) is 0.226. The first-order valence-corrected chi connectivity index (χ1v) is 6.05. The molecule has 1 fully saturated rings. The molecule has 1 aromatic heterocycles. The van der Waals surface area contributed by atoms with Crippen LogP contribution in [0, 0.1) is 0 Å². The quantitative estimate of drug-likeness (QED) is 0.746. The van der Waals surface area contributed by atoms with Crippen molar-refractivity contribution in [2.45, 2.75) is 32.2 Å². The normalized spacial score (nSPS) is 15.5. The van der Waals surface area contributed by atoms with E-state index < -0.39 is 0 Å². The molecule has 0 aliphatic heterocycles. The number of carbonyl (C=O) groups excluding carboxylic acids is 1. The van der Waals surface area contributed by atoms with Crippen molar-refractivity contribution in [2.75, 3.05) is 6.54 Å². The van der Waals surface area contributed by atoms with Crippen LogP contribution >= 0.6 is 11.3 Å². The molecule has 1 heterocycles. The van der Waals surface area contributed by atoms with Crippen LogP contribution in [-0.2, 0) is 0 Å². The summed E-state index contributed by atoms with van der Waals surface area (Å²) in [6.07, 6.45) is 3.43. The maximum absolute atomic E-state index is 12.0. The number of nitrogens with zero attached hydrogens (tertiary/aromatic N) is 1. The van der Waals surface area contributed by atoms with E-state index in [1.54, 1.807) is 0 Å². The molecule has 1 amide bonds. The zero-order valence-corrected chi connectivity index (χ0v) is 9.22. The maximum Gasteiger partial charge on any atom is 0.264 e. The van der Waals surface area contributed by atoms with Gasteiger partial charge in [0.2, 0.25) is 0 Å².